The first-order valence-electron chi connectivity index (χ1n) is 7.01. The van der Waals surface area contributed by atoms with E-state index in [1.54, 1.807) is 0 Å². The monoisotopic (exact) mass is 298 g/mol. The number of aromatic nitrogens is 2. The van der Waals surface area contributed by atoms with E-state index < -0.39 is 10.0 Å². The molecule has 20 heavy (non-hydrogen) atoms. The van der Waals surface area contributed by atoms with Crippen molar-refractivity contribution in [1.82, 2.24) is 14.7 Å². The van der Waals surface area contributed by atoms with Crippen molar-refractivity contribution < 1.29 is 8.42 Å². The van der Waals surface area contributed by atoms with Crippen LogP contribution in [0.5, 0.6) is 0 Å². The van der Waals surface area contributed by atoms with Crippen molar-refractivity contribution in [2.24, 2.45) is 5.41 Å². The van der Waals surface area contributed by atoms with Crippen molar-refractivity contribution in [1.29, 1.82) is 0 Å². The molecule has 2 rings (SSSR count). The van der Waals surface area contributed by atoms with Gasteiger partial charge in [-0.3, -0.25) is 0 Å². The van der Waals surface area contributed by atoms with Crippen LogP contribution in [-0.4, -0.2) is 31.5 Å². The quantitative estimate of drug-likeness (QED) is 0.836. The predicted molar refractivity (Wildman–Crippen MR) is 78.0 cm³/mol. The standard InChI is InChI=1S/C13H22N4O2S/c1-3-14-12-15-8-11(9-16-12)20(18,19)17-10-13(2)6-4-5-7-13/h8-9,17H,3-7,10H2,1-2H3,(H,14,15,16). The van der Waals surface area contributed by atoms with Crippen molar-refractivity contribution in [3.63, 3.8) is 0 Å². The third-order valence-corrected chi connectivity index (χ3v) is 5.13. The first kappa shape index (κ1) is 15.2. The van der Waals surface area contributed by atoms with Crippen molar-refractivity contribution in [3.8, 4) is 0 Å². The lowest BCUT2D eigenvalue weighted by atomic mass is 9.89. The molecule has 1 aliphatic carbocycles. The lowest BCUT2D eigenvalue weighted by Gasteiger charge is -2.23. The first-order chi connectivity index (χ1) is 9.45. The van der Waals surface area contributed by atoms with Crippen LogP contribution in [-0.2, 0) is 10.0 Å². The van der Waals surface area contributed by atoms with E-state index >= 15 is 0 Å². The minimum Gasteiger partial charge on any atom is -0.355 e. The van der Waals surface area contributed by atoms with Gasteiger partial charge >= 0.3 is 0 Å². The summed E-state index contributed by atoms with van der Waals surface area (Å²) < 4.78 is 27.1. The highest BCUT2D eigenvalue weighted by Crippen LogP contribution is 2.36. The zero-order chi connectivity index (χ0) is 14.6. The minimum absolute atomic E-state index is 0.0810. The van der Waals surface area contributed by atoms with Gasteiger partial charge in [-0.05, 0) is 25.2 Å². The van der Waals surface area contributed by atoms with Gasteiger partial charge in [-0.25, -0.2) is 23.1 Å². The summed E-state index contributed by atoms with van der Waals surface area (Å²) in [5.74, 6) is 0.439. The van der Waals surface area contributed by atoms with Gasteiger partial charge in [0.1, 0.15) is 4.90 Å². The van der Waals surface area contributed by atoms with E-state index in [1.165, 1.54) is 25.2 Å². The maximum atomic E-state index is 12.2. The highest BCUT2D eigenvalue weighted by molar-refractivity contribution is 7.89. The molecule has 0 aliphatic heterocycles. The Bertz CT molecular complexity index is 536. The molecular formula is C13H22N4O2S. The lowest BCUT2D eigenvalue weighted by Crippen LogP contribution is -2.34. The maximum absolute atomic E-state index is 12.2. The van der Waals surface area contributed by atoms with Crippen LogP contribution in [0.4, 0.5) is 5.95 Å². The van der Waals surface area contributed by atoms with E-state index in [0.717, 1.165) is 12.8 Å². The summed E-state index contributed by atoms with van der Waals surface area (Å²) in [6.07, 6.45) is 7.18. The number of hydrogen-bond donors (Lipinski definition) is 2. The average Bonchev–Trinajstić information content (AvgIpc) is 2.85. The third kappa shape index (κ3) is 3.67. The number of nitrogens with zero attached hydrogens (tertiary/aromatic N) is 2. The molecule has 1 fully saturated rings. The van der Waals surface area contributed by atoms with Crippen LogP contribution in [0.2, 0.25) is 0 Å². The number of rotatable bonds is 6. The molecule has 7 heteroatoms. The van der Waals surface area contributed by atoms with Crippen LogP contribution in [0.15, 0.2) is 17.3 Å². The Morgan fingerprint density at radius 3 is 2.40 bits per heavy atom. The second-order valence-corrected chi connectivity index (χ2v) is 7.38. The molecule has 112 valence electrons. The molecule has 1 saturated carbocycles. The summed E-state index contributed by atoms with van der Waals surface area (Å²) in [7, 11) is -3.52. The van der Waals surface area contributed by atoms with Crippen molar-refractivity contribution in [2.45, 2.75) is 44.4 Å². The Morgan fingerprint density at radius 2 is 1.85 bits per heavy atom. The number of hydrogen-bond acceptors (Lipinski definition) is 5. The average molecular weight is 298 g/mol. The van der Waals surface area contributed by atoms with Gasteiger partial charge in [-0.15, -0.1) is 0 Å². The molecule has 1 heterocycles. The van der Waals surface area contributed by atoms with Gasteiger partial charge in [0.15, 0.2) is 0 Å². The van der Waals surface area contributed by atoms with Crippen LogP contribution in [0, 0.1) is 5.41 Å². The summed E-state index contributed by atoms with van der Waals surface area (Å²) in [5.41, 5.74) is 0.0810. The van der Waals surface area contributed by atoms with E-state index in [2.05, 4.69) is 26.9 Å². The zero-order valence-corrected chi connectivity index (χ0v) is 12.8. The minimum atomic E-state index is -3.52. The topological polar surface area (TPSA) is 84.0 Å². The second kappa shape index (κ2) is 6.05. The molecule has 2 N–H and O–H groups in total. The van der Waals surface area contributed by atoms with Crippen molar-refractivity contribution in [2.75, 3.05) is 18.4 Å². The Hall–Kier alpha value is -1.21. The molecule has 0 radical (unpaired) electrons. The largest absolute Gasteiger partial charge is 0.355 e. The van der Waals surface area contributed by atoms with Crippen LogP contribution in [0.1, 0.15) is 39.5 Å². The fourth-order valence-electron chi connectivity index (χ4n) is 2.46. The van der Waals surface area contributed by atoms with Crippen molar-refractivity contribution in [3.05, 3.63) is 12.4 Å². The highest BCUT2D eigenvalue weighted by Gasteiger charge is 2.30. The summed E-state index contributed by atoms with van der Waals surface area (Å²) in [4.78, 5) is 8.09. The molecule has 0 amide bonds. The number of nitrogens with one attached hydrogen (secondary N) is 2. The van der Waals surface area contributed by atoms with Crippen LogP contribution in [0.25, 0.3) is 0 Å². The van der Waals surface area contributed by atoms with Crippen LogP contribution < -0.4 is 10.0 Å². The van der Waals surface area contributed by atoms with E-state index in [-0.39, 0.29) is 10.3 Å². The molecule has 0 unspecified atom stereocenters. The molecule has 0 atom stereocenters. The Kier molecular flexibility index (Phi) is 4.59. The fourth-order valence-corrected chi connectivity index (χ4v) is 3.55. The highest BCUT2D eigenvalue weighted by atomic mass is 32.2. The molecule has 0 spiro atoms. The first-order valence-corrected chi connectivity index (χ1v) is 8.49. The molecule has 0 aromatic carbocycles. The van der Waals surface area contributed by atoms with Crippen LogP contribution >= 0.6 is 0 Å². The Balaban J connectivity index is 2.02. The van der Waals surface area contributed by atoms with E-state index in [0.29, 0.717) is 19.0 Å². The zero-order valence-electron chi connectivity index (χ0n) is 12.0. The molecule has 1 aliphatic rings. The summed E-state index contributed by atoms with van der Waals surface area (Å²) in [5, 5.41) is 2.93. The predicted octanol–water partition coefficient (Wildman–Crippen LogP) is 1.77. The van der Waals surface area contributed by atoms with Gasteiger partial charge in [0, 0.05) is 13.1 Å². The van der Waals surface area contributed by atoms with Gasteiger partial charge in [0.05, 0.1) is 12.4 Å². The van der Waals surface area contributed by atoms with E-state index in [4.69, 9.17) is 0 Å². The van der Waals surface area contributed by atoms with E-state index in [1.807, 2.05) is 6.92 Å². The molecule has 1 aromatic rings. The molecule has 0 saturated heterocycles. The summed E-state index contributed by atoms with van der Waals surface area (Å²) in [6.45, 7) is 5.23. The van der Waals surface area contributed by atoms with Crippen molar-refractivity contribution >= 4 is 16.0 Å². The maximum Gasteiger partial charge on any atom is 0.243 e. The Labute approximate surface area is 120 Å². The second-order valence-electron chi connectivity index (χ2n) is 5.62. The third-order valence-electron chi connectivity index (χ3n) is 3.77. The fraction of sp³-hybridized carbons (Fsp3) is 0.692. The van der Waals surface area contributed by atoms with Crippen LogP contribution in [0.3, 0.4) is 0 Å². The number of sulfonamides is 1. The van der Waals surface area contributed by atoms with Gasteiger partial charge in [-0.1, -0.05) is 19.8 Å². The summed E-state index contributed by atoms with van der Waals surface area (Å²) >= 11 is 0. The molecule has 6 nitrogen and oxygen atoms in total. The Morgan fingerprint density at radius 1 is 1.25 bits per heavy atom. The van der Waals surface area contributed by atoms with E-state index in [9.17, 15) is 8.42 Å². The molecule has 1 aromatic heterocycles. The van der Waals surface area contributed by atoms with Gasteiger partial charge < -0.3 is 5.32 Å². The van der Waals surface area contributed by atoms with Gasteiger partial charge in [0.25, 0.3) is 0 Å². The summed E-state index contributed by atoms with van der Waals surface area (Å²) in [6, 6.07) is 0. The van der Waals surface area contributed by atoms with Gasteiger partial charge in [-0.2, -0.15) is 0 Å². The SMILES string of the molecule is CCNc1ncc(S(=O)(=O)NCC2(C)CCCC2)cn1. The lowest BCUT2D eigenvalue weighted by molar-refractivity contribution is 0.336. The normalized spacial score (nSPS) is 18.1. The number of anilines is 1. The smallest absolute Gasteiger partial charge is 0.243 e. The van der Waals surface area contributed by atoms with Gasteiger partial charge in [0.2, 0.25) is 16.0 Å². The molecule has 0 bridgehead atoms. The molecular weight excluding hydrogens is 276 g/mol.